The van der Waals surface area contributed by atoms with Crippen molar-refractivity contribution < 1.29 is 13.2 Å². The average Bonchev–Trinajstić information content (AvgIpc) is 2.42. The maximum absolute atomic E-state index is 12.1. The van der Waals surface area contributed by atoms with Gasteiger partial charge in [0, 0.05) is 19.8 Å². The van der Waals surface area contributed by atoms with Crippen molar-refractivity contribution in [1.82, 2.24) is 4.72 Å². The Morgan fingerprint density at radius 2 is 2.10 bits per heavy atom. The molecular weight excluding hydrogens is 288 g/mol. The van der Waals surface area contributed by atoms with Crippen LogP contribution in [0.1, 0.15) is 31.4 Å². The Kier molecular flexibility index (Phi) is 6.82. The molecule has 0 atom stereocenters. The number of hydrogen-bond acceptors (Lipinski definition) is 4. The van der Waals surface area contributed by atoms with Gasteiger partial charge in [-0.05, 0) is 43.0 Å². The molecule has 0 aliphatic heterocycles. The fourth-order valence-corrected chi connectivity index (χ4v) is 2.87. The van der Waals surface area contributed by atoms with Crippen molar-refractivity contribution in [3.05, 3.63) is 29.3 Å². The second kappa shape index (κ2) is 8.13. The second-order valence-electron chi connectivity index (χ2n) is 5.31. The number of benzene rings is 1. The minimum Gasteiger partial charge on any atom is -0.381 e. The van der Waals surface area contributed by atoms with Gasteiger partial charge in [-0.2, -0.15) is 5.26 Å². The monoisotopic (exact) mass is 310 g/mol. The quantitative estimate of drug-likeness (QED) is 0.747. The zero-order valence-electron chi connectivity index (χ0n) is 12.7. The van der Waals surface area contributed by atoms with Gasteiger partial charge in [0.05, 0.1) is 16.5 Å². The van der Waals surface area contributed by atoms with Crippen LogP contribution in [0.4, 0.5) is 0 Å². The molecule has 0 bridgehead atoms. The molecule has 116 valence electrons. The van der Waals surface area contributed by atoms with Crippen LogP contribution in [-0.4, -0.2) is 28.2 Å². The number of nitriles is 1. The largest absolute Gasteiger partial charge is 0.381 e. The predicted octanol–water partition coefficient (Wildman–Crippen LogP) is 2.21. The van der Waals surface area contributed by atoms with Crippen LogP contribution < -0.4 is 4.72 Å². The fourth-order valence-electron chi connectivity index (χ4n) is 1.71. The van der Waals surface area contributed by atoms with Crippen molar-refractivity contribution in [1.29, 1.82) is 5.26 Å². The van der Waals surface area contributed by atoms with Crippen LogP contribution in [0.25, 0.3) is 0 Å². The van der Waals surface area contributed by atoms with Gasteiger partial charge in [-0.25, -0.2) is 13.1 Å². The predicted molar refractivity (Wildman–Crippen MR) is 81.4 cm³/mol. The maximum atomic E-state index is 12.1. The molecule has 0 unspecified atom stereocenters. The molecule has 0 amide bonds. The van der Waals surface area contributed by atoms with Gasteiger partial charge in [-0.15, -0.1) is 0 Å². The standard InChI is InChI=1S/C15H22N2O3S/c1-12(2)11-20-8-4-7-17-21(18,19)15-6-5-14(10-16)13(3)9-15/h5-6,9,12,17H,4,7-8,11H2,1-3H3. The lowest BCUT2D eigenvalue weighted by Gasteiger charge is -2.09. The van der Waals surface area contributed by atoms with Crippen LogP contribution >= 0.6 is 0 Å². The summed E-state index contributed by atoms with van der Waals surface area (Å²) in [4.78, 5) is 0.182. The highest BCUT2D eigenvalue weighted by molar-refractivity contribution is 7.89. The molecule has 0 saturated carbocycles. The topological polar surface area (TPSA) is 79.2 Å². The van der Waals surface area contributed by atoms with Crippen LogP contribution in [0, 0.1) is 24.2 Å². The van der Waals surface area contributed by atoms with E-state index >= 15 is 0 Å². The Morgan fingerprint density at radius 1 is 1.38 bits per heavy atom. The summed E-state index contributed by atoms with van der Waals surface area (Å²) in [6, 6.07) is 6.50. The number of ether oxygens (including phenoxy) is 1. The number of aryl methyl sites for hydroxylation is 1. The molecule has 6 heteroatoms. The van der Waals surface area contributed by atoms with E-state index in [-0.39, 0.29) is 4.90 Å². The van der Waals surface area contributed by atoms with E-state index in [0.29, 0.717) is 43.2 Å². The number of nitrogens with zero attached hydrogens (tertiary/aromatic N) is 1. The van der Waals surface area contributed by atoms with Gasteiger partial charge in [0.15, 0.2) is 0 Å². The van der Waals surface area contributed by atoms with E-state index < -0.39 is 10.0 Å². The van der Waals surface area contributed by atoms with Gasteiger partial charge in [0.1, 0.15) is 0 Å². The van der Waals surface area contributed by atoms with E-state index in [0.717, 1.165) is 0 Å². The molecule has 0 radical (unpaired) electrons. The third-order valence-corrected chi connectivity index (χ3v) is 4.30. The van der Waals surface area contributed by atoms with Gasteiger partial charge in [0.2, 0.25) is 10.0 Å². The molecule has 1 N–H and O–H groups in total. The summed E-state index contributed by atoms with van der Waals surface area (Å²) >= 11 is 0. The van der Waals surface area contributed by atoms with E-state index in [1.165, 1.54) is 18.2 Å². The van der Waals surface area contributed by atoms with Crippen molar-refractivity contribution in [3.8, 4) is 6.07 Å². The van der Waals surface area contributed by atoms with E-state index in [4.69, 9.17) is 10.00 Å². The minimum atomic E-state index is -3.53. The van der Waals surface area contributed by atoms with E-state index in [1.54, 1.807) is 6.92 Å². The zero-order valence-corrected chi connectivity index (χ0v) is 13.5. The Balaban J connectivity index is 2.51. The Hall–Kier alpha value is -1.42. The van der Waals surface area contributed by atoms with E-state index in [9.17, 15) is 8.42 Å². The first kappa shape index (κ1) is 17.6. The SMILES string of the molecule is Cc1cc(S(=O)(=O)NCCCOCC(C)C)ccc1C#N. The van der Waals surface area contributed by atoms with Gasteiger partial charge < -0.3 is 4.74 Å². The first-order valence-corrected chi connectivity index (χ1v) is 8.43. The molecule has 1 aromatic carbocycles. The summed E-state index contributed by atoms with van der Waals surface area (Å²) in [5.41, 5.74) is 1.14. The minimum absolute atomic E-state index is 0.182. The summed E-state index contributed by atoms with van der Waals surface area (Å²) < 4.78 is 32.1. The summed E-state index contributed by atoms with van der Waals surface area (Å²) in [6.45, 7) is 7.40. The number of nitrogens with one attached hydrogen (secondary N) is 1. The Morgan fingerprint density at radius 3 is 2.67 bits per heavy atom. The first-order chi connectivity index (χ1) is 9.86. The smallest absolute Gasteiger partial charge is 0.240 e. The Bertz CT molecular complexity index is 604. The fraction of sp³-hybridized carbons (Fsp3) is 0.533. The highest BCUT2D eigenvalue weighted by atomic mass is 32.2. The molecule has 0 fully saturated rings. The van der Waals surface area contributed by atoms with Crippen LogP contribution in [-0.2, 0) is 14.8 Å². The number of sulfonamides is 1. The van der Waals surface area contributed by atoms with Crippen molar-refractivity contribution >= 4 is 10.0 Å². The molecule has 0 heterocycles. The highest BCUT2D eigenvalue weighted by Crippen LogP contribution is 2.14. The number of rotatable bonds is 8. The molecule has 5 nitrogen and oxygen atoms in total. The third-order valence-electron chi connectivity index (χ3n) is 2.84. The van der Waals surface area contributed by atoms with Crippen LogP contribution in [0.3, 0.4) is 0 Å². The summed E-state index contributed by atoms with van der Waals surface area (Å²) in [5, 5.41) is 8.85. The van der Waals surface area contributed by atoms with Crippen molar-refractivity contribution in [2.24, 2.45) is 5.92 Å². The van der Waals surface area contributed by atoms with Gasteiger partial charge in [-0.1, -0.05) is 13.8 Å². The highest BCUT2D eigenvalue weighted by Gasteiger charge is 2.14. The van der Waals surface area contributed by atoms with Gasteiger partial charge in [0.25, 0.3) is 0 Å². The van der Waals surface area contributed by atoms with Gasteiger partial charge in [-0.3, -0.25) is 0 Å². The molecular formula is C15H22N2O3S. The zero-order chi connectivity index (χ0) is 15.9. The Labute approximate surface area is 127 Å². The van der Waals surface area contributed by atoms with E-state index in [1.807, 2.05) is 6.07 Å². The maximum Gasteiger partial charge on any atom is 0.240 e. The van der Waals surface area contributed by atoms with Crippen LogP contribution in [0.5, 0.6) is 0 Å². The lowest BCUT2D eigenvalue weighted by Crippen LogP contribution is -2.25. The van der Waals surface area contributed by atoms with Crippen molar-refractivity contribution in [2.75, 3.05) is 19.8 Å². The third kappa shape index (κ3) is 5.84. The summed E-state index contributed by atoms with van der Waals surface area (Å²) in [7, 11) is -3.53. The normalized spacial score (nSPS) is 11.6. The molecule has 0 aromatic heterocycles. The molecule has 0 spiro atoms. The molecule has 0 aliphatic carbocycles. The lowest BCUT2D eigenvalue weighted by molar-refractivity contribution is 0.108. The summed E-state index contributed by atoms with van der Waals surface area (Å²) in [6.07, 6.45) is 0.626. The van der Waals surface area contributed by atoms with Crippen molar-refractivity contribution in [3.63, 3.8) is 0 Å². The molecule has 0 aliphatic rings. The van der Waals surface area contributed by atoms with Crippen LogP contribution in [0.2, 0.25) is 0 Å². The van der Waals surface area contributed by atoms with Crippen LogP contribution in [0.15, 0.2) is 23.1 Å². The molecule has 0 saturated heterocycles. The van der Waals surface area contributed by atoms with Crippen molar-refractivity contribution in [2.45, 2.75) is 32.1 Å². The van der Waals surface area contributed by atoms with E-state index in [2.05, 4.69) is 18.6 Å². The second-order valence-corrected chi connectivity index (χ2v) is 7.08. The summed E-state index contributed by atoms with van der Waals surface area (Å²) in [5.74, 6) is 0.475. The first-order valence-electron chi connectivity index (χ1n) is 6.95. The van der Waals surface area contributed by atoms with Gasteiger partial charge >= 0.3 is 0 Å². The molecule has 1 aromatic rings. The number of hydrogen-bond donors (Lipinski definition) is 1. The molecule has 21 heavy (non-hydrogen) atoms. The molecule has 1 rings (SSSR count). The average molecular weight is 310 g/mol. The lowest BCUT2D eigenvalue weighted by atomic mass is 10.1.